The minimum atomic E-state index is 0.0864. The van der Waals surface area contributed by atoms with Crippen molar-refractivity contribution in [1.29, 1.82) is 0 Å². The highest BCUT2D eigenvalue weighted by Crippen LogP contribution is 2.27. The second-order valence-corrected chi connectivity index (χ2v) is 6.45. The number of aromatic nitrogens is 3. The Morgan fingerprint density at radius 1 is 0.962 bits per heavy atom. The molecule has 1 aromatic heterocycles. The van der Waals surface area contributed by atoms with Gasteiger partial charge in [-0.25, -0.2) is 0 Å². The number of benzene rings is 2. The Labute approximate surface area is 153 Å². The van der Waals surface area contributed by atoms with Gasteiger partial charge in [0, 0.05) is 5.69 Å². The third-order valence-electron chi connectivity index (χ3n) is 3.55. The fourth-order valence-corrected chi connectivity index (χ4v) is 2.66. The van der Waals surface area contributed by atoms with Crippen LogP contribution < -0.4 is 15.4 Å². The Bertz CT molecular complexity index is 875. The number of nitrogens with one attached hydrogen (secondary N) is 2. The van der Waals surface area contributed by atoms with E-state index >= 15 is 0 Å². The number of nitrogens with zero attached hydrogens (tertiary/aromatic N) is 3. The molecule has 26 heavy (non-hydrogen) atoms. The van der Waals surface area contributed by atoms with E-state index in [9.17, 15) is 0 Å². The molecule has 3 rings (SSSR count). The molecule has 0 radical (unpaired) electrons. The molecule has 0 aliphatic rings. The number of anilines is 4. The highest BCUT2D eigenvalue weighted by Gasteiger charge is 2.08. The van der Waals surface area contributed by atoms with Crippen LogP contribution in [-0.4, -0.2) is 21.3 Å². The Hall–Kier alpha value is -3.15. The first kappa shape index (κ1) is 17.7. The topological polar surface area (TPSA) is 72.0 Å². The Morgan fingerprint density at radius 2 is 1.69 bits per heavy atom. The first-order chi connectivity index (χ1) is 12.5. The number of hydrogen-bond donors (Lipinski definition) is 2. The van der Waals surface area contributed by atoms with Crippen LogP contribution in [0.25, 0.3) is 0 Å². The first-order valence-electron chi connectivity index (χ1n) is 8.57. The van der Waals surface area contributed by atoms with E-state index in [4.69, 9.17) is 4.74 Å². The lowest BCUT2D eigenvalue weighted by Crippen LogP contribution is -2.08. The Balaban J connectivity index is 1.80. The van der Waals surface area contributed by atoms with Gasteiger partial charge in [0.15, 0.2) is 5.82 Å². The molecule has 2 aromatic carbocycles. The van der Waals surface area contributed by atoms with Crippen LogP contribution in [0.2, 0.25) is 0 Å². The largest absolute Gasteiger partial charge is 0.489 e. The molecule has 134 valence electrons. The van der Waals surface area contributed by atoms with E-state index in [1.807, 2.05) is 50.2 Å². The maximum Gasteiger partial charge on any atom is 0.249 e. The van der Waals surface area contributed by atoms with Gasteiger partial charge < -0.3 is 15.4 Å². The summed E-state index contributed by atoms with van der Waals surface area (Å²) in [6, 6.07) is 14.0. The van der Waals surface area contributed by atoms with Gasteiger partial charge >= 0.3 is 0 Å². The maximum atomic E-state index is 5.83. The summed E-state index contributed by atoms with van der Waals surface area (Å²) in [5.74, 6) is 1.79. The molecular formula is C20H23N5O. The fourth-order valence-electron chi connectivity index (χ4n) is 2.66. The zero-order valence-electron chi connectivity index (χ0n) is 15.4. The summed E-state index contributed by atoms with van der Waals surface area (Å²) in [6.07, 6.45) is 1.67. The van der Waals surface area contributed by atoms with E-state index in [1.165, 1.54) is 11.1 Å². The zero-order valence-corrected chi connectivity index (χ0v) is 15.4. The molecule has 0 unspecified atom stereocenters. The molecule has 1 heterocycles. The Kier molecular flexibility index (Phi) is 5.31. The lowest BCUT2D eigenvalue weighted by atomic mass is 10.1. The molecule has 6 nitrogen and oxygen atoms in total. The molecule has 0 aliphatic heterocycles. The van der Waals surface area contributed by atoms with Crippen molar-refractivity contribution < 1.29 is 4.74 Å². The van der Waals surface area contributed by atoms with Crippen LogP contribution in [0, 0.1) is 13.8 Å². The highest BCUT2D eigenvalue weighted by atomic mass is 16.5. The van der Waals surface area contributed by atoms with E-state index in [2.05, 4.69) is 45.7 Å². The van der Waals surface area contributed by atoms with Gasteiger partial charge in [0.2, 0.25) is 5.95 Å². The van der Waals surface area contributed by atoms with Crippen molar-refractivity contribution >= 4 is 23.1 Å². The third kappa shape index (κ3) is 4.69. The van der Waals surface area contributed by atoms with Gasteiger partial charge in [0.1, 0.15) is 5.75 Å². The lowest BCUT2D eigenvalue weighted by molar-refractivity contribution is 0.244. The van der Waals surface area contributed by atoms with E-state index in [0.29, 0.717) is 11.8 Å². The van der Waals surface area contributed by atoms with Crippen molar-refractivity contribution in [3.63, 3.8) is 0 Å². The van der Waals surface area contributed by atoms with Crippen molar-refractivity contribution in [2.24, 2.45) is 0 Å². The van der Waals surface area contributed by atoms with Crippen molar-refractivity contribution in [2.75, 3.05) is 10.6 Å². The second kappa shape index (κ2) is 7.82. The fraction of sp³-hybridized carbons (Fsp3) is 0.250. The first-order valence-corrected chi connectivity index (χ1v) is 8.57. The summed E-state index contributed by atoms with van der Waals surface area (Å²) in [5, 5.41) is 14.5. The van der Waals surface area contributed by atoms with Gasteiger partial charge in [-0.05, 0) is 63.1 Å². The van der Waals surface area contributed by atoms with Gasteiger partial charge in [0.25, 0.3) is 0 Å². The molecule has 0 saturated heterocycles. The molecule has 6 heteroatoms. The van der Waals surface area contributed by atoms with E-state index in [-0.39, 0.29) is 6.10 Å². The average Bonchev–Trinajstić information content (AvgIpc) is 2.55. The van der Waals surface area contributed by atoms with E-state index in [1.54, 1.807) is 6.20 Å². The molecule has 0 amide bonds. The van der Waals surface area contributed by atoms with Gasteiger partial charge in [-0.15, -0.1) is 5.10 Å². The van der Waals surface area contributed by atoms with Crippen molar-refractivity contribution in [1.82, 2.24) is 15.2 Å². The molecular weight excluding hydrogens is 326 g/mol. The number of rotatable bonds is 6. The molecule has 0 aliphatic carbocycles. The van der Waals surface area contributed by atoms with Crippen LogP contribution in [0.5, 0.6) is 5.75 Å². The maximum absolute atomic E-state index is 5.83. The summed E-state index contributed by atoms with van der Waals surface area (Å²) in [4.78, 5) is 4.49. The summed E-state index contributed by atoms with van der Waals surface area (Å²) in [6.45, 7) is 8.10. The van der Waals surface area contributed by atoms with Crippen LogP contribution in [0.3, 0.4) is 0 Å². The van der Waals surface area contributed by atoms with Crippen LogP contribution >= 0.6 is 0 Å². The zero-order chi connectivity index (χ0) is 18.5. The quantitative estimate of drug-likeness (QED) is 0.668. The van der Waals surface area contributed by atoms with Crippen LogP contribution in [-0.2, 0) is 0 Å². The summed E-state index contributed by atoms with van der Waals surface area (Å²) in [5.41, 5.74) is 4.12. The van der Waals surface area contributed by atoms with E-state index < -0.39 is 0 Å². The summed E-state index contributed by atoms with van der Waals surface area (Å²) in [7, 11) is 0. The van der Waals surface area contributed by atoms with Crippen molar-refractivity contribution in [2.45, 2.75) is 33.8 Å². The summed E-state index contributed by atoms with van der Waals surface area (Å²) < 4.78 is 5.83. The predicted molar refractivity (Wildman–Crippen MR) is 105 cm³/mol. The number of aryl methyl sites for hydroxylation is 2. The van der Waals surface area contributed by atoms with Crippen LogP contribution in [0.1, 0.15) is 25.0 Å². The summed E-state index contributed by atoms with van der Waals surface area (Å²) >= 11 is 0. The third-order valence-corrected chi connectivity index (χ3v) is 3.55. The number of para-hydroxylation sites is 2. The van der Waals surface area contributed by atoms with Gasteiger partial charge in [-0.3, -0.25) is 0 Å². The predicted octanol–water partition coefficient (Wildman–Crippen LogP) is 4.76. The minimum absolute atomic E-state index is 0.0864. The smallest absolute Gasteiger partial charge is 0.249 e. The van der Waals surface area contributed by atoms with Crippen molar-refractivity contribution in [3.8, 4) is 5.75 Å². The monoisotopic (exact) mass is 349 g/mol. The SMILES string of the molecule is Cc1cc(C)cc(Nc2nncc(Nc3ccccc3OC(C)C)n2)c1. The second-order valence-electron chi connectivity index (χ2n) is 6.45. The van der Waals surface area contributed by atoms with Gasteiger partial charge in [-0.2, -0.15) is 10.1 Å². The van der Waals surface area contributed by atoms with Crippen LogP contribution in [0.15, 0.2) is 48.7 Å². The molecule has 2 N–H and O–H groups in total. The molecule has 0 saturated carbocycles. The lowest BCUT2D eigenvalue weighted by Gasteiger charge is -2.15. The molecule has 0 spiro atoms. The number of hydrogen-bond acceptors (Lipinski definition) is 6. The van der Waals surface area contributed by atoms with Gasteiger partial charge in [0.05, 0.1) is 18.0 Å². The molecule has 0 fully saturated rings. The minimum Gasteiger partial charge on any atom is -0.489 e. The van der Waals surface area contributed by atoms with Gasteiger partial charge in [-0.1, -0.05) is 18.2 Å². The molecule has 0 atom stereocenters. The standard InChI is InChI=1S/C20H23N5O/c1-13(2)26-18-8-6-5-7-17(18)23-19-12-21-25-20(24-19)22-16-10-14(3)9-15(4)11-16/h5-13H,1-4H3,(H2,22,23,24,25). The Morgan fingerprint density at radius 3 is 2.42 bits per heavy atom. The van der Waals surface area contributed by atoms with Crippen LogP contribution in [0.4, 0.5) is 23.1 Å². The average molecular weight is 349 g/mol. The normalized spacial score (nSPS) is 10.7. The molecule has 3 aromatic rings. The molecule has 0 bridgehead atoms. The highest BCUT2D eigenvalue weighted by molar-refractivity contribution is 5.64. The van der Waals surface area contributed by atoms with Crippen molar-refractivity contribution in [3.05, 3.63) is 59.8 Å². The number of ether oxygens (including phenoxy) is 1. The van der Waals surface area contributed by atoms with E-state index in [0.717, 1.165) is 17.1 Å².